The summed E-state index contributed by atoms with van der Waals surface area (Å²) in [5.74, 6) is -1.32. The van der Waals surface area contributed by atoms with Crippen molar-refractivity contribution in [2.24, 2.45) is 5.10 Å². The van der Waals surface area contributed by atoms with Crippen LogP contribution in [0.15, 0.2) is 89.5 Å². The number of rotatable bonds is 26. The van der Waals surface area contributed by atoms with Crippen molar-refractivity contribution in [2.45, 2.75) is 114 Å². The number of thioether (sulfide) groups is 1. The van der Waals surface area contributed by atoms with Crippen LogP contribution < -0.4 is 36.3 Å². The lowest BCUT2D eigenvalue weighted by molar-refractivity contribution is -0.143. The molecule has 19 nitrogen and oxygen atoms in total. The normalized spacial score (nSPS) is 17.2. The molecule has 3 aromatic carbocycles. The maximum absolute atomic E-state index is 15.1. The number of aromatic nitrogens is 3. The Morgan fingerprint density at radius 1 is 0.962 bits per heavy atom. The highest BCUT2D eigenvalue weighted by atomic mass is 32.2. The van der Waals surface area contributed by atoms with Gasteiger partial charge in [-0.1, -0.05) is 72.6 Å². The number of aryl methyl sites for hydroxylation is 2. The van der Waals surface area contributed by atoms with E-state index in [2.05, 4.69) is 51.6 Å². The van der Waals surface area contributed by atoms with E-state index in [0.29, 0.717) is 83.1 Å². The van der Waals surface area contributed by atoms with Crippen LogP contribution in [0.2, 0.25) is 0 Å². The Hall–Kier alpha value is -7.01. The second-order valence-electron chi connectivity index (χ2n) is 20.6. The number of alkyl halides is 1. The van der Waals surface area contributed by atoms with Gasteiger partial charge in [0.25, 0.3) is 5.91 Å². The largest absolute Gasteiger partial charge is 0.463 e. The van der Waals surface area contributed by atoms with Crippen LogP contribution in [0.25, 0.3) is 10.4 Å². The first-order valence-corrected chi connectivity index (χ1v) is 28.6. The lowest BCUT2D eigenvalue weighted by atomic mass is 10.00. The number of carbonyl (C=O) groups is 5. The van der Waals surface area contributed by atoms with E-state index in [0.717, 1.165) is 56.0 Å². The SMILES string of the molecule is Cc1cccc(/C=N/Nc2cc(N3CCOCC3)nc(OCCc3ccc(NC(=O)CCCCCNC(=O)CSC(C)(C)[C@H](NC(=O)C4(F)CC4)C(=O)N4C[C@H](O)C[C@H]4C(=O)NCc4ccc(-c5scnc5C)cc4)cc3)n2)c1. The first-order valence-electron chi connectivity index (χ1n) is 26.8. The standard InChI is InChI=1S/C57H70FN11O8S2/c1-37-9-8-10-41(29-37)33-62-67-46-31-47(68-24-27-76-28-25-68)65-55(64-46)77-26-20-39-14-18-43(19-15-39)63-48(71)11-6-5-7-23-59-49(72)35-79-56(3,4)51(66-54(75)57(58)21-22-57)53(74)69-34-44(70)30-45(69)52(73)60-32-40-12-16-42(17-13-40)50-38(2)61-36-78-50/h8-10,12-19,29,31,33,36,44-45,51,70H,5-7,11,20-28,30,32,34-35H2,1-4H3,(H,59,72)(H,60,73)(H,63,71)(H,66,75)(H,64,65,67)/b62-33+/t44-,45+,51-/m1/s1. The minimum absolute atomic E-state index is 0.0149. The van der Waals surface area contributed by atoms with Crippen LogP contribution in [0.4, 0.5) is 21.7 Å². The Morgan fingerprint density at radius 2 is 1.72 bits per heavy atom. The molecule has 3 fully saturated rings. The molecule has 0 spiro atoms. The van der Waals surface area contributed by atoms with Crippen molar-refractivity contribution in [3.63, 3.8) is 0 Å². The van der Waals surface area contributed by atoms with Crippen molar-refractivity contribution in [3.05, 3.63) is 112 Å². The zero-order chi connectivity index (χ0) is 55.9. The molecule has 6 N–H and O–H groups in total. The second kappa shape index (κ2) is 27.2. The molecule has 5 aromatic rings. The van der Waals surface area contributed by atoms with Crippen LogP contribution in [0.1, 0.15) is 86.7 Å². The summed E-state index contributed by atoms with van der Waals surface area (Å²) >= 11 is 2.66. The first kappa shape index (κ1) is 58.1. The third-order valence-corrected chi connectivity index (χ3v) is 16.3. The van der Waals surface area contributed by atoms with Gasteiger partial charge in [-0.2, -0.15) is 15.1 Å². The van der Waals surface area contributed by atoms with Crippen molar-refractivity contribution in [1.29, 1.82) is 0 Å². The van der Waals surface area contributed by atoms with Gasteiger partial charge in [0.1, 0.15) is 17.9 Å². The minimum Gasteiger partial charge on any atom is -0.463 e. The van der Waals surface area contributed by atoms with Gasteiger partial charge in [-0.25, -0.2) is 9.37 Å². The molecule has 22 heteroatoms. The summed E-state index contributed by atoms with van der Waals surface area (Å²) in [7, 11) is 0. The third kappa shape index (κ3) is 16.8. The number of aliphatic hydroxyl groups is 1. The molecule has 1 saturated carbocycles. The Balaban J connectivity index is 0.741. The quantitative estimate of drug-likeness (QED) is 0.0197. The van der Waals surface area contributed by atoms with Gasteiger partial charge in [0, 0.05) is 68.5 Å². The predicted molar refractivity (Wildman–Crippen MR) is 305 cm³/mol. The van der Waals surface area contributed by atoms with Crippen molar-refractivity contribution >= 4 is 76.2 Å². The number of benzene rings is 3. The average Bonchev–Trinajstić information content (AvgIpc) is 3.87. The molecule has 4 heterocycles. The van der Waals surface area contributed by atoms with Crippen LogP contribution in [0, 0.1) is 13.8 Å². The zero-order valence-electron chi connectivity index (χ0n) is 45.1. The maximum atomic E-state index is 15.1. The maximum Gasteiger partial charge on any atom is 0.320 e. The molecule has 5 amide bonds. The van der Waals surface area contributed by atoms with E-state index in [1.165, 1.54) is 4.90 Å². The summed E-state index contributed by atoms with van der Waals surface area (Å²) < 4.78 is 25.5. The van der Waals surface area contributed by atoms with Gasteiger partial charge in [-0.15, -0.1) is 23.1 Å². The van der Waals surface area contributed by atoms with E-state index in [1.54, 1.807) is 36.9 Å². The molecule has 79 heavy (non-hydrogen) atoms. The van der Waals surface area contributed by atoms with Crippen LogP contribution in [0.3, 0.4) is 0 Å². The smallest absolute Gasteiger partial charge is 0.320 e. The van der Waals surface area contributed by atoms with E-state index in [9.17, 15) is 29.1 Å². The number of anilines is 3. The lowest BCUT2D eigenvalue weighted by Crippen LogP contribution is -2.61. The highest BCUT2D eigenvalue weighted by molar-refractivity contribution is 8.01. The fourth-order valence-electron chi connectivity index (χ4n) is 9.11. The van der Waals surface area contributed by atoms with Crippen LogP contribution >= 0.6 is 23.1 Å². The second-order valence-corrected chi connectivity index (χ2v) is 23.1. The number of carbonyl (C=O) groups excluding carboxylic acids is 5. The predicted octanol–water partition coefficient (Wildman–Crippen LogP) is 6.51. The van der Waals surface area contributed by atoms with E-state index in [-0.39, 0.29) is 55.9 Å². The molecule has 1 aliphatic carbocycles. The van der Waals surface area contributed by atoms with Crippen molar-refractivity contribution < 1.29 is 42.9 Å². The van der Waals surface area contributed by atoms with Crippen LogP contribution in [-0.2, 0) is 41.7 Å². The number of hydrogen-bond acceptors (Lipinski definition) is 16. The Kier molecular flexibility index (Phi) is 20.0. The summed E-state index contributed by atoms with van der Waals surface area (Å²) in [6, 6.07) is 23.0. The molecule has 0 bridgehead atoms. The van der Waals surface area contributed by atoms with Gasteiger partial charge in [0.05, 0.1) is 54.0 Å². The Bertz CT molecular complexity index is 2930. The van der Waals surface area contributed by atoms with Gasteiger partial charge in [-0.3, -0.25) is 29.4 Å². The molecule has 0 radical (unpaired) electrons. The number of nitrogens with zero attached hydrogens (tertiary/aromatic N) is 6. The number of unbranched alkanes of at least 4 members (excludes halogenated alkanes) is 2. The molecule has 8 rings (SSSR count). The number of halogens is 1. The van der Waals surface area contributed by atoms with E-state index in [4.69, 9.17) is 9.47 Å². The van der Waals surface area contributed by atoms with Gasteiger partial charge in [0.15, 0.2) is 11.5 Å². The highest BCUT2D eigenvalue weighted by Crippen LogP contribution is 2.41. The van der Waals surface area contributed by atoms with E-state index in [1.807, 2.05) is 92.7 Å². The number of ether oxygens (including phenoxy) is 2. The zero-order valence-corrected chi connectivity index (χ0v) is 46.7. The minimum atomic E-state index is -2.09. The molecule has 3 atom stereocenters. The molecule has 420 valence electrons. The number of nitrogens with one attached hydrogen (secondary N) is 5. The fourth-order valence-corrected chi connectivity index (χ4v) is 10.9. The number of likely N-dealkylation sites (tertiary alicyclic amines) is 1. The van der Waals surface area contributed by atoms with E-state index < -0.39 is 46.3 Å². The van der Waals surface area contributed by atoms with Gasteiger partial charge in [0.2, 0.25) is 23.6 Å². The number of hydrogen-bond donors (Lipinski definition) is 6. The first-order chi connectivity index (χ1) is 38.0. The molecular weight excluding hydrogens is 1050 g/mol. The molecule has 2 aliphatic heterocycles. The number of aliphatic hydroxyl groups excluding tert-OH is 1. The molecule has 2 aromatic heterocycles. The van der Waals surface area contributed by atoms with Gasteiger partial charge < -0.3 is 45.6 Å². The van der Waals surface area contributed by atoms with Crippen molar-refractivity contribution in [3.8, 4) is 16.5 Å². The molecule has 0 unspecified atom stereocenters. The highest BCUT2D eigenvalue weighted by Gasteiger charge is 2.54. The summed E-state index contributed by atoms with van der Waals surface area (Å²) in [4.78, 5) is 85.0. The Morgan fingerprint density at radius 3 is 2.44 bits per heavy atom. The number of amides is 5. The van der Waals surface area contributed by atoms with Crippen LogP contribution in [-0.4, -0.2) is 141 Å². The number of β-amino-alcohol motifs (C(OH)–C–C–N with tert-alkyl or cyclic N) is 1. The summed E-state index contributed by atoms with van der Waals surface area (Å²) in [6.07, 6.45) is 3.58. The average molecular weight is 1120 g/mol. The molecule has 2 saturated heterocycles. The fraction of sp³-hybridized carbons (Fsp3) is 0.456. The summed E-state index contributed by atoms with van der Waals surface area (Å²) in [5, 5.41) is 26.4. The summed E-state index contributed by atoms with van der Waals surface area (Å²) in [6.45, 7) is 10.7. The third-order valence-electron chi connectivity index (χ3n) is 13.9. The van der Waals surface area contributed by atoms with E-state index >= 15 is 4.39 Å². The number of hydrazone groups is 1. The number of thiazole rings is 1. The van der Waals surface area contributed by atoms with Gasteiger partial charge >= 0.3 is 6.01 Å². The van der Waals surface area contributed by atoms with Crippen LogP contribution in [0.5, 0.6) is 6.01 Å². The molecule has 3 aliphatic rings. The lowest BCUT2D eigenvalue weighted by Gasteiger charge is -2.37. The molecular formula is C57H70FN11O8S2. The van der Waals surface area contributed by atoms with Gasteiger partial charge in [-0.05, 0) is 87.8 Å². The van der Waals surface area contributed by atoms with Crippen molar-refractivity contribution in [1.82, 2.24) is 35.8 Å². The summed E-state index contributed by atoms with van der Waals surface area (Å²) in [5.41, 5.74) is 9.27. The topological polar surface area (TPSA) is 242 Å². The number of morpholine rings is 1. The van der Waals surface area contributed by atoms with Crippen molar-refractivity contribution in [2.75, 3.05) is 67.4 Å². The monoisotopic (exact) mass is 1120 g/mol. The Labute approximate surface area is 468 Å².